The maximum atomic E-state index is 13.4. The van der Waals surface area contributed by atoms with Crippen LogP contribution in [0.15, 0.2) is 36.7 Å². The van der Waals surface area contributed by atoms with Crippen LogP contribution in [0, 0.1) is 5.92 Å². The molecule has 1 fully saturated rings. The molecular formula is C23H27F2N5O. The first-order chi connectivity index (χ1) is 14.6. The van der Waals surface area contributed by atoms with E-state index in [2.05, 4.69) is 42.8 Å². The van der Waals surface area contributed by atoms with Gasteiger partial charge in [0, 0.05) is 24.6 Å². The van der Waals surface area contributed by atoms with Crippen molar-refractivity contribution in [2.75, 3.05) is 13.1 Å². The van der Waals surface area contributed by atoms with Crippen LogP contribution in [0.25, 0.3) is 5.78 Å². The van der Waals surface area contributed by atoms with E-state index in [1.165, 1.54) is 16.9 Å². The second-order valence-corrected chi connectivity index (χ2v) is 9.33. The van der Waals surface area contributed by atoms with Crippen molar-refractivity contribution >= 4 is 11.7 Å². The third-order valence-electron chi connectivity index (χ3n) is 6.12. The van der Waals surface area contributed by atoms with Gasteiger partial charge in [0.25, 0.3) is 18.1 Å². The normalized spacial score (nSPS) is 19.9. The molecule has 3 aromatic rings. The molecule has 31 heavy (non-hydrogen) atoms. The van der Waals surface area contributed by atoms with Crippen LogP contribution in [0.2, 0.25) is 0 Å². The lowest BCUT2D eigenvalue weighted by Crippen LogP contribution is -2.42. The summed E-state index contributed by atoms with van der Waals surface area (Å²) in [5.74, 6) is 0.167. The minimum absolute atomic E-state index is 0.0408. The summed E-state index contributed by atoms with van der Waals surface area (Å²) >= 11 is 0. The predicted molar refractivity (Wildman–Crippen MR) is 113 cm³/mol. The van der Waals surface area contributed by atoms with Gasteiger partial charge in [-0.1, -0.05) is 39.8 Å². The van der Waals surface area contributed by atoms with E-state index in [0.29, 0.717) is 24.3 Å². The highest BCUT2D eigenvalue weighted by Crippen LogP contribution is 2.34. The molecule has 2 atom stereocenters. The van der Waals surface area contributed by atoms with Gasteiger partial charge in [-0.15, -0.1) is 0 Å². The summed E-state index contributed by atoms with van der Waals surface area (Å²) in [5.41, 5.74) is 1.99. The molecule has 3 heterocycles. The van der Waals surface area contributed by atoms with Crippen LogP contribution in [-0.4, -0.2) is 43.5 Å². The Balaban J connectivity index is 1.66. The smallest absolute Gasteiger partial charge is 0.280 e. The monoisotopic (exact) mass is 427 g/mol. The molecule has 0 bridgehead atoms. The van der Waals surface area contributed by atoms with Gasteiger partial charge < -0.3 is 4.90 Å². The number of carbonyl (C=O) groups excluding carboxylic acids is 1. The van der Waals surface area contributed by atoms with Crippen molar-refractivity contribution in [1.29, 1.82) is 0 Å². The Morgan fingerprint density at radius 3 is 2.71 bits per heavy atom. The molecule has 0 unspecified atom stereocenters. The molecule has 0 saturated carbocycles. The molecular weight excluding hydrogens is 400 g/mol. The average Bonchev–Trinajstić information content (AvgIpc) is 3.21. The number of hydrogen-bond donors (Lipinski definition) is 0. The predicted octanol–water partition coefficient (Wildman–Crippen LogP) is 4.63. The number of benzene rings is 1. The molecule has 1 saturated heterocycles. The van der Waals surface area contributed by atoms with Gasteiger partial charge in [0.2, 0.25) is 0 Å². The Bertz CT molecular complexity index is 1100. The quantitative estimate of drug-likeness (QED) is 0.612. The lowest BCUT2D eigenvalue weighted by molar-refractivity contribution is 0.0665. The molecule has 1 aromatic carbocycles. The van der Waals surface area contributed by atoms with E-state index in [4.69, 9.17) is 0 Å². The molecule has 8 heteroatoms. The summed E-state index contributed by atoms with van der Waals surface area (Å²) in [5, 5.41) is 4.19. The number of aromatic nitrogens is 4. The SMILES string of the molecule is C[C@@H]1CCN(C(=O)c2cccc(C(C)(C)C)c2)C[C@H]1c1cc(C(F)F)nc2ncnn12. The van der Waals surface area contributed by atoms with Crippen LogP contribution in [-0.2, 0) is 5.41 Å². The van der Waals surface area contributed by atoms with Crippen molar-refractivity contribution in [3.63, 3.8) is 0 Å². The fraction of sp³-hybridized carbons (Fsp3) is 0.478. The van der Waals surface area contributed by atoms with Gasteiger partial charge >= 0.3 is 0 Å². The molecule has 0 N–H and O–H groups in total. The van der Waals surface area contributed by atoms with E-state index >= 15 is 0 Å². The maximum Gasteiger partial charge on any atom is 0.280 e. The Morgan fingerprint density at radius 1 is 1.23 bits per heavy atom. The first-order valence-corrected chi connectivity index (χ1v) is 10.5. The Morgan fingerprint density at radius 2 is 2.00 bits per heavy atom. The fourth-order valence-electron chi connectivity index (χ4n) is 4.17. The summed E-state index contributed by atoms with van der Waals surface area (Å²) in [6, 6.07) is 9.13. The lowest BCUT2D eigenvalue weighted by Gasteiger charge is -2.37. The highest BCUT2D eigenvalue weighted by atomic mass is 19.3. The Hall–Kier alpha value is -2.90. The highest BCUT2D eigenvalue weighted by molar-refractivity contribution is 5.94. The van der Waals surface area contributed by atoms with Gasteiger partial charge in [0.1, 0.15) is 12.0 Å². The highest BCUT2D eigenvalue weighted by Gasteiger charge is 2.33. The van der Waals surface area contributed by atoms with Crippen molar-refractivity contribution in [2.45, 2.75) is 51.9 Å². The zero-order chi connectivity index (χ0) is 22.3. The van der Waals surface area contributed by atoms with E-state index in [1.807, 2.05) is 29.2 Å². The van der Waals surface area contributed by atoms with Crippen molar-refractivity contribution in [1.82, 2.24) is 24.5 Å². The second-order valence-electron chi connectivity index (χ2n) is 9.33. The standard InChI is InChI=1S/C23H27F2N5O/c1-14-8-9-29(21(31)15-6-5-7-16(10-15)23(2,3)4)12-17(14)19-11-18(20(24)25)28-22-26-13-27-30(19)22/h5-7,10-11,13-14,17,20H,8-9,12H2,1-4H3/t14-,17-/m1/s1. The average molecular weight is 427 g/mol. The minimum Gasteiger partial charge on any atom is -0.338 e. The molecule has 6 nitrogen and oxygen atoms in total. The van der Waals surface area contributed by atoms with Crippen LogP contribution in [0.4, 0.5) is 8.78 Å². The van der Waals surface area contributed by atoms with Crippen LogP contribution >= 0.6 is 0 Å². The molecule has 164 valence electrons. The van der Waals surface area contributed by atoms with Gasteiger partial charge in [-0.2, -0.15) is 10.1 Å². The Labute approximate surface area is 180 Å². The topological polar surface area (TPSA) is 63.4 Å². The van der Waals surface area contributed by atoms with Gasteiger partial charge in [-0.3, -0.25) is 4.79 Å². The lowest BCUT2D eigenvalue weighted by atomic mass is 9.83. The van der Waals surface area contributed by atoms with Gasteiger partial charge in [-0.25, -0.2) is 18.3 Å². The van der Waals surface area contributed by atoms with E-state index in [1.54, 1.807) is 0 Å². The molecule has 2 aromatic heterocycles. The number of fused-ring (bicyclic) bond motifs is 1. The first-order valence-electron chi connectivity index (χ1n) is 10.5. The third kappa shape index (κ3) is 4.16. The van der Waals surface area contributed by atoms with Crippen LogP contribution in [0.5, 0.6) is 0 Å². The zero-order valence-electron chi connectivity index (χ0n) is 18.2. The summed E-state index contributed by atoms with van der Waals surface area (Å²) < 4.78 is 28.4. The molecule has 0 aliphatic carbocycles. The largest absolute Gasteiger partial charge is 0.338 e. The van der Waals surface area contributed by atoms with Crippen molar-refractivity contribution < 1.29 is 13.6 Å². The molecule has 0 spiro atoms. The number of hydrogen-bond acceptors (Lipinski definition) is 4. The van der Waals surface area contributed by atoms with Crippen molar-refractivity contribution in [3.05, 3.63) is 59.2 Å². The summed E-state index contributed by atoms with van der Waals surface area (Å²) in [7, 11) is 0. The van der Waals surface area contributed by atoms with Crippen molar-refractivity contribution in [2.24, 2.45) is 5.92 Å². The van der Waals surface area contributed by atoms with Crippen LogP contribution in [0.1, 0.15) is 73.8 Å². The number of rotatable bonds is 3. The summed E-state index contributed by atoms with van der Waals surface area (Å²) in [6.45, 7) is 9.48. The van der Waals surface area contributed by atoms with Crippen LogP contribution in [0.3, 0.4) is 0 Å². The van der Waals surface area contributed by atoms with Gasteiger partial charge in [-0.05, 0) is 41.5 Å². The van der Waals surface area contributed by atoms with E-state index in [9.17, 15) is 13.6 Å². The second kappa shape index (κ2) is 7.98. The fourth-order valence-corrected chi connectivity index (χ4v) is 4.17. The van der Waals surface area contributed by atoms with Gasteiger partial charge in [0.05, 0.1) is 5.69 Å². The molecule has 4 rings (SSSR count). The zero-order valence-corrected chi connectivity index (χ0v) is 18.2. The minimum atomic E-state index is -2.70. The molecule has 1 aliphatic heterocycles. The number of alkyl halides is 2. The van der Waals surface area contributed by atoms with E-state index in [-0.39, 0.29) is 34.6 Å². The number of halogens is 2. The number of piperidine rings is 1. The van der Waals surface area contributed by atoms with Gasteiger partial charge in [0.15, 0.2) is 0 Å². The van der Waals surface area contributed by atoms with E-state index < -0.39 is 6.43 Å². The first kappa shape index (κ1) is 21.3. The molecule has 1 amide bonds. The molecule has 0 radical (unpaired) electrons. The maximum absolute atomic E-state index is 13.4. The van der Waals surface area contributed by atoms with Crippen molar-refractivity contribution in [3.8, 4) is 0 Å². The number of carbonyl (C=O) groups is 1. The summed E-state index contributed by atoms with van der Waals surface area (Å²) in [6.07, 6.45) is -0.606. The van der Waals surface area contributed by atoms with E-state index in [0.717, 1.165) is 12.0 Å². The number of amides is 1. The van der Waals surface area contributed by atoms with Crippen LogP contribution < -0.4 is 0 Å². The number of nitrogens with zero attached hydrogens (tertiary/aromatic N) is 5. The summed E-state index contributed by atoms with van der Waals surface area (Å²) in [4.78, 5) is 23.0. The Kier molecular flexibility index (Phi) is 5.49. The third-order valence-corrected chi connectivity index (χ3v) is 6.12. The number of likely N-dealkylation sites (tertiary alicyclic amines) is 1. The molecule has 1 aliphatic rings.